The molecule has 2 aromatic carbocycles. The van der Waals surface area contributed by atoms with Crippen LogP contribution in [0.4, 0.5) is 5.69 Å². The number of benzene rings is 2. The van der Waals surface area contributed by atoms with Crippen molar-refractivity contribution in [1.82, 2.24) is 14.1 Å². The Hall–Kier alpha value is -3.32. The molecule has 3 heterocycles. The zero-order valence-corrected chi connectivity index (χ0v) is 20.5. The summed E-state index contributed by atoms with van der Waals surface area (Å²) in [6.07, 6.45) is 3.54. The maximum Gasteiger partial charge on any atom is 0.278 e. The summed E-state index contributed by atoms with van der Waals surface area (Å²) < 4.78 is 3.68. The lowest BCUT2D eigenvalue weighted by atomic mass is 10.1. The smallest absolute Gasteiger partial charge is 0.278 e. The van der Waals surface area contributed by atoms with E-state index < -0.39 is 0 Å². The Labute approximate surface area is 203 Å². The fraction of sp³-hybridized carbons (Fsp3) is 0.296. The first-order chi connectivity index (χ1) is 16.4. The highest BCUT2D eigenvalue weighted by Crippen LogP contribution is 2.31. The first kappa shape index (κ1) is 22.5. The van der Waals surface area contributed by atoms with E-state index in [1.807, 2.05) is 79.0 Å². The number of hydrogen-bond acceptors (Lipinski definition) is 4. The van der Waals surface area contributed by atoms with Gasteiger partial charge in [0.25, 0.3) is 5.56 Å². The minimum absolute atomic E-state index is 0.00877. The average molecular weight is 473 g/mol. The van der Waals surface area contributed by atoms with E-state index in [0.717, 1.165) is 46.0 Å². The third-order valence-corrected chi connectivity index (χ3v) is 7.30. The minimum atomic E-state index is -0.0184. The molecule has 7 heteroatoms. The maximum atomic E-state index is 13.5. The Morgan fingerprint density at radius 2 is 1.76 bits per heavy atom. The average Bonchev–Trinajstić information content (AvgIpc) is 3.41. The van der Waals surface area contributed by atoms with Crippen LogP contribution in [0.25, 0.3) is 22.2 Å². The van der Waals surface area contributed by atoms with E-state index in [9.17, 15) is 9.59 Å². The van der Waals surface area contributed by atoms with Crippen molar-refractivity contribution in [1.29, 1.82) is 0 Å². The fourth-order valence-electron chi connectivity index (χ4n) is 4.56. The van der Waals surface area contributed by atoms with Crippen LogP contribution in [0.1, 0.15) is 38.3 Å². The predicted molar refractivity (Wildman–Crippen MR) is 138 cm³/mol. The van der Waals surface area contributed by atoms with Crippen LogP contribution in [0.3, 0.4) is 0 Å². The highest BCUT2D eigenvalue weighted by molar-refractivity contribution is 7.98. The topological polar surface area (TPSA) is 60.1 Å². The normalized spacial score (nSPS) is 14.0. The molecular formula is C27H28N4O2S. The summed E-state index contributed by atoms with van der Waals surface area (Å²) >= 11 is 1.57. The van der Waals surface area contributed by atoms with Crippen LogP contribution in [-0.4, -0.2) is 26.6 Å². The van der Waals surface area contributed by atoms with Gasteiger partial charge in [-0.15, -0.1) is 0 Å². The molecule has 0 bridgehead atoms. The van der Waals surface area contributed by atoms with Gasteiger partial charge in [-0.1, -0.05) is 54.2 Å². The summed E-state index contributed by atoms with van der Waals surface area (Å²) in [7, 11) is 1.90. The van der Waals surface area contributed by atoms with Gasteiger partial charge in [-0.25, -0.2) is 4.98 Å². The lowest BCUT2D eigenvalue weighted by molar-refractivity contribution is -0.117. The monoisotopic (exact) mass is 472 g/mol. The van der Waals surface area contributed by atoms with Crippen LogP contribution in [0, 0.1) is 0 Å². The second kappa shape index (κ2) is 9.14. The number of carbonyl (C=O) groups is 1. The van der Waals surface area contributed by atoms with Crippen molar-refractivity contribution in [3.8, 4) is 11.1 Å². The van der Waals surface area contributed by atoms with Gasteiger partial charge < -0.3 is 9.47 Å². The quantitative estimate of drug-likeness (QED) is 0.278. The fourth-order valence-corrected chi connectivity index (χ4v) is 5.63. The third kappa shape index (κ3) is 4.05. The Balaban J connectivity index is 1.49. The zero-order chi connectivity index (χ0) is 23.8. The molecule has 5 rings (SSSR count). The number of aryl methyl sites for hydroxylation is 1. The first-order valence-corrected chi connectivity index (χ1v) is 12.6. The summed E-state index contributed by atoms with van der Waals surface area (Å²) in [5, 5.41) is 0.717. The van der Waals surface area contributed by atoms with Crippen molar-refractivity contribution in [2.24, 2.45) is 7.05 Å². The van der Waals surface area contributed by atoms with Gasteiger partial charge in [-0.05, 0) is 43.5 Å². The van der Waals surface area contributed by atoms with Crippen LogP contribution in [0.5, 0.6) is 0 Å². The number of anilines is 1. The molecular weight excluding hydrogens is 444 g/mol. The van der Waals surface area contributed by atoms with Crippen LogP contribution in [-0.2, 0) is 17.6 Å². The van der Waals surface area contributed by atoms with E-state index in [1.54, 1.807) is 16.3 Å². The molecule has 6 nitrogen and oxygen atoms in total. The van der Waals surface area contributed by atoms with E-state index >= 15 is 0 Å². The molecule has 0 aliphatic carbocycles. The molecule has 0 atom stereocenters. The lowest BCUT2D eigenvalue weighted by Crippen LogP contribution is -2.26. The number of amides is 1. The van der Waals surface area contributed by atoms with Gasteiger partial charge in [-0.2, -0.15) is 0 Å². The standard InChI is InChI=1S/C27H28N4O2S/c1-18(2)31-26(33)25-24(22(16-29(25)3)20-8-5-4-6-9-20)28-27(31)34-17-19-11-13-21(14-12-19)30-15-7-10-23(30)32/h4-6,8-9,11-14,16,18H,7,10,15,17H2,1-3H3. The van der Waals surface area contributed by atoms with Crippen molar-refractivity contribution < 1.29 is 4.79 Å². The van der Waals surface area contributed by atoms with Gasteiger partial charge in [0.1, 0.15) is 11.0 Å². The van der Waals surface area contributed by atoms with Gasteiger partial charge in [0.2, 0.25) is 5.91 Å². The van der Waals surface area contributed by atoms with E-state index in [2.05, 4.69) is 12.1 Å². The van der Waals surface area contributed by atoms with Crippen LogP contribution in [0.15, 0.2) is 70.7 Å². The molecule has 1 saturated heterocycles. The molecule has 1 amide bonds. The summed E-state index contributed by atoms with van der Waals surface area (Å²) in [5.41, 5.74) is 5.43. The summed E-state index contributed by atoms with van der Waals surface area (Å²) in [6.45, 7) is 4.82. The van der Waals surface area contributed by atoms with Crippen molar-refractivity contribution >= 4 is 34.4 Å². The van der Waals surface area contributed by atoms with Crippen molar-refractivity contribution in [3.05, 3.63) is 76.7 Å². The Morgan fingerprint density at radius 3 is 2.41 bits per heavy atom. The molecule has 0 spiro atoms. The molecule has 0 saturated carbocycles. The highest BCUT2D eigenvalue weighted by atomic mass is 32.2. The van der Waals surface area contributed by atoms with Crippen LogP contribution < -0.4 is 10.5 Å². The molecule has 1 aliphatic heterocycles. The van der Waals surface area contributed by atoms with Crippen LogP contribution in [0.2, 0.25) is 0 Å². The number of rotatable bonds is 6. The van der Waals surface area contributed by atoms with Crippen LogP contribution >= 0.6 is 11.8 Å². The number of fused-ring (bicyclic) bond motifs is 1. The van der Waals surface area contributed by atoms with Gasteiger partial charge >= 0.3 is 0 Å². The minimum Gasteiger partial charge on any atom is -0.344 e. The summed E-state index contributed by atoms with van der Waals surface area (Å²) in [6, 6.07) is 18.2. The SMILES string of the molecule is CC(C)n1c(SCc2ccc(N3CCCC3=O)cc2)nc2c(-c3ccccc3)cn(C)c2c1=O. The molecule has 0 N–H and O–H groups in total. The Bertz CT molecular complexity index is 1400. The zero-order valence-electron chi connectivity index (χ0n) is 19.7. The molecule has 174 valence electrons. The molecule has 0 radical (unpaired) electrons. The first-order valence-electron chi connectivity index (χ1n) is 11.6. The van der Waals surface area contributed by atoms with Crippen molar-refractivity contribution in [2.45, 2.75) is 43.6 Å². The lowest BCUT2D eigenvalue weighted by Gasteiger charge is -2.17. The number of carbonyl (C=O) groups excluding carboxylic acids is 1. The highest BCUT2D eigenvalue weighted by Gasteiger charge is 2.22. The Morgan fingerprint density at radius 1 is 1.03 bits per heavy atom. The molecule has 1 fully saturated rings. The number of thioether (sulfide) groups is 1. The second-order valence-corrected chi connectivity index (χ2v) is 9.93. The van der Waals surface area contributed by atoms with E-state index in [1.165, 1.54) is 0 Å². The predicted octanol–water partition coefficient (Wildman–Crippen LogP) is 5.40. The van der Waals surface area contributed by atoms with Gasteiger partial charge in [0, 0.05) is 49.3 Å². The number of nitrogens with zero attached hydrogens (tertiary/aromatic N) is 4. The van der Waals surface area contributed by atoms with Gasteiger partial charge in [-0.3, -0.25) is 14.2 Å². The Kier molecular flexibility index (Phi) is 6.04. The molecule has 34 heavy (non-hydrogen) atoms. The van der Waals surface area contributed by atoms with E-state index in [-0.39, 0.29) is 17.5 Å². The molecule has 4 aromatic rings. The maximum absolute atomic E-state index is 13.5. The molecule has 2 aromatic heterocycles. The summed E-state index contributed by atoms with van der Waals surface area (Å²) in [4.78, 5) is 32.4. The van der Waals surface area contributed by atoms with Crippen molar-refractivity contribution in [3.63, 3.8) is 0 Å². The molecule has 0 unspecified atom stereocenters. The van der Waals surface area contributed by atoms with E-state index in [4.69, 9.17) is 4.98 Å². The number of aromatic nitrogens is 3. The summed E-state index contributed by atoms with van der Waals surface area (Å²) in [5.74, 6) is 0.879. The van der Waals surface area contributed by atoms with E-state index in [0.29, 0.717) is 17.7 Å². The van der Waals surface area contributed by atoms with Gasteiger partial charge in [0.05, 0.1) is 0 Å². The largest absolute Gasteiger partial charge is 0.344 e. The third-order valence-electron chi connectivity index (χ3n) is 6.28. The van der Waals surface area contributed by atoms with Gasteiger partial charge in [0.15, 0.2) is 5.16 Å². The second-order valence-electron chi connectivity index (χ2n) is 8.98. The van der Waals surface area contributed by atoms with Crippen molar-refractivity contribution in [2.75, 3.05) is 11.4 Å². The number of hydrogen-bond donors (Lipinski definition) is 0. The molecule has 1 aliphatic rings.